The number of hydrogen-bond acceptors (Lipinski definition) is 14. The maximum atomic E-state index is 13.9. The lowest BCUT2D eigenvalue weighted by molar-refractivity contribution is -0.211. The van der Waals surface area contributed by atoms with Crippen LogP contribution < -0.4 is 10.1 Å². The molecule has 0 spiro atoms. The third-order valence-electron chi connectivity index (χ3n) is 10.7. The fraction of sp³-hybridized carbons (Fsp3) is 0.487. The average Bonchev–Trinajstić information content (AvgIpc) is 3.09. The maximum Gasteiger partial charge on any atom is 0.314 e. The minimum atomic E-state index is -2.15. The zero-order chi connectivity index (χ0) is 40.4. The number of nitrogens with one attached hydrogen (secondary N) is 1. The van der Waals surface area contributed by atoms with E-state index in [1.807, 2.05) is 0 Å². The third kappa shape index (κ3) is 6.86. The van der Waals surface area contributed by atoms with Gasteiger partial charge in [-0.25, -0.2) is 0 Å². The van der Waals surface area contributed by atoms with Gasteiger partial charge < -0.3 is 54.9 Å². The number of aliphatic hydroxyl groups is 5. The van der Waals surface area contributed by atoms with Crippen LogP contribution in [0.2, 0.25) is 0 Å². The number of carbonyl (C=O) groups excluding carboxylic acids is 4. The van der Waals surface area contributed by atoms with Gasteiger partial charge in [0.2, 0.25) is 6.79 Å². The number of esters is 2. The number of rotatable bonds is 1. The van der Waals surface area contributed by atoms with Crippen molar-refractivity contribution < 1.29 is 68.8 Å². The SMILES string of the molecule is CC(=O)Oc1c(C)c2c(O)c3c1C1=C(OCOC1=C(C)C3=O)/C(C)=C\[C@@](C)(O)[C@@H](O)[C@@H](C)[C@@H](O)[C@@H]1C(=O)O[C@H]([C@@H](C)[C@H]1O)[C@@](C)(O)/C=C\C=C(/C)C(=O)N2. The van der Waals surface area contributed by atoms with Crippen LogP contribution in [0.25, 0.3) is 5.57 Å². The first-order chi connectivity index (χ1) is 25.0. The number of amides is 1. The number of Topliss-reactive ketones (excluding diaryl/α,β-unsaturated/α-hetero) is 1. The van der Waals surface area contributed by atoms with Gasteiger partial charge in [0.05, 0.1) is 35.1 Å². The number of ether oxygens (including phenoxy) is 4. The summed E-state index contributed by atoms with van der Waals surface area (Å²) >= 11 is 0. The van der Waals surface area contributed by atoms with Crippen molar-refractivity contribution in [2.75, 3.05) is 12.1 Å². The topological polar surface area (TPSA) is 239 Å². The molecule has 0 unspecified atom stereocenters. The summed E-state index contributed by atoms with van der Waals surface area (Å²) in [6.45, 7) is 12.1. The van der Waals surface area contributed by atoms with Crippen molar-refractivity contribution in [3.63, 3.8) is 0 Å². The van der Waals surface area contributed by atoms with Crippen molar-refractivity contribution in [2.24, 2.45) is 17.8 Å². The summed E-state index contributed by atoms with van der Waals surface area (Å²) in [5, 5.41) is 71.6. The minimum absolute atomic E-state index is 0.0103. The molecule has 0 saturated carbocycles. The minimum Gasteiger partial charge on any atom is -0.505 e. The lowest BCUT2D eigenvalue weighted by Crippen LogP contribution is -2.60. The number of ketones is 1. The highest BCUT2D eigenvalue weighted by molar-refractivity contribution is 6.21. The van der Waals surface area contributed by atoms with Crippen molar-refractivity contribution in [3.05, 3.63) is 69.2 Å². The Balaban J connectivity index is 1.80. The summed E-state index contributed by atoms with van der Waals surface area (Å²) in [5.74, 6) is -7.85. The van der Waals surface area contributed by atoms with Gasteiger partial charge in [-0.2, -0.15) is 0 Å². The van der Waals surface area contributed by atoms with Crippen LogP contribution in [-0.2, 0) is 28.6 Å². The molecular formula is C39H47NO14. The zero-order valence-electron chi connectivity index (χ0n) is 31.5. The van der Waals surface area contributed by atoms with Crippen molar-refractivity contribution in [3.8, 4) is 11.5 Å². The molecule has 9 atom stereocenters. The van der Waals surface area contributed by atoms with Gasteiger partial charge in [-0.3, -0.25) is 19.2 Å². The van der Waals surface area contributed by atoms with Crippen molar-refractivity contribution >= 4 is 34.9 Å². The number of aromatic hydroxyl groups is 1. The van der Waals surface area contributed by atoms with E-state index in [9.17, 15) is 49.8 Å². The Morgan fingerprint density at radius 2 is 1.52 bits per heavy atom. The van der Waals surface area contributed by atoms with Gasteiger partial charge in [0.1, 0.15) is 40.5 Å². The molecule has 6 aliphatic heterocycles. The normalized spacial score (nSPS) is 35.9. The second-order valence-electron chi connectivity index (χ2n) is 14.9. The molecule has 6 heterocycles. The van der Waals surface area contributed by atoms with Crippen LogP contribution in [0.1, 0.15) is 76.9 Å². The van der Waals surface area contributed by atoms with Gasteiger partial charge in [0.25, 0.3) is 5.91 Å². The molecule has 7 aliphatic rings. The van der Waals surface area contributed by atoms with Crippen molar-refractivity contribution in [1.29, 1.82) is 0 Å². The second-order valence-corrected chi connectivity index (χ2v) is 14.9. The molecule has 1 fully saturated rings. The van der Waals surface area contributed by atoms with E-state index in [0.29, 0.717) is 0 Å². The Labute approximate surface area is 311 Å². The first kappa shape index (κ1) is 40.4. The standard InChI is InChI=1S/C39H47NO14/c1-15-11-10-12-38(8,49)35-20(6)29(44)25(37(48)54-35)28(43)19(5)34(46)39(9,50)13-16(2)31-24-22-23(27(42)18(4)32(24)52-14-51-31)30(45)26(40-36(15)47)17(3)33(22)53-21(7)41/h10-13,19-20,25,28-29,34-35,43-46,49-50H,14H2,1-9H3,(H,40,47)/b12-10-,15-11+,16-13-/t19-,20-,25-,28+,29+,34-,35+,38-,39+/m0/s1. The molecule has 1 aromatic carbocycles. The summed E-state index contributed by atoms with van der Waals surface area (Å²) in [6, 6.07) is 0. The third-order valence-corrected chi connectivity index (χ3v) is 10.7. The molecule has 15 heteroatoms. The highest BCUT2D eigenvalue weighted by Gasteiger charge is 2.53. The molecule has 1 amide bonds. The van der Waals surface area contributed by atoms with E-state index in [1.54, 1.807) is 0 Å². The summed E-state index contributed by atoms with van der Waals surface area (Å²) < 4.78 is 22.9. The molecule has 1 saturated heterocycles. The Morgan fingerprint density at radius 3 is 2.15 bits per heavy atom. The molecule has 15 nitrogen and oxygen atoms in total. The van der Waals surface area contributed by atoms with Gasteiger partial charge in [-0.05, 0) is 59.3 Å². The van der Waals surface area contributed by atoms with Gasteiger partial charge in [-0.15, -0.1) is 0 Å². The van der Waals surface area contributed by atoms with E-state index in [0.717, 1.165) is 6.92 Å². The first-order valence-corrected chi connectivity index (χ1v) is 17.4. The number of anilines is 1. The largest absolute Gasteiger partial charge is 0.505 e. The quantitative estimate of drug-likeness (QED) is 0.124. The van der Waals surface area contributed by atoms with Crippen LogP contribution in [0.4, 0.5) is 5.69 Å². The Hall–Kier alpha value is -4.80. The van der Waals surface area contributed by atoms with Gasteiger partial charge in [0.15, 0.2) is 11.5 Å². The number of aliphatic hydroxyl groups excluding tert-OH is 3. The number of benzene rings is 1. The second kappa shape index (κ2) is 14.5. The van der Waals surface area contributed by atoms with E-state index in [1.165, 1.54) is 79.7 Å². The molecule has 54 heavy (non-hydrogen) atoms. The molecule has 1 aromatic rings. The number of carbonyl (C=O) groups is 4. The van der Waals surface area contributed by atoms with Crippen LogP contribution in [0.15, 0.2) is 52.5 Å². The van der Waals surface area contributed by atoms with E-state index in [-0.39, 0.29) is 61.9 Å². The fourth-order valence-corrected chi connectivity index (χ4v) is 7.59. The number of hydrogen-bond donors (Lipinski definition) is 7. The lowest BCUT2D eigenvalue weighted by atomic mass is 9.73. The Bertz CT molecular complexity index is 1960. The Kier molecular flexibility index (Phi) is 10.8. The van der Waals surface area contributed by atoms with Crippen LogP contribution >= 0.6 is 0 Å². The monoisotopic (exact) mass is 753 g/mol. The average molecular weight is 754 g/mol. The van der Waals surface area contributed by atoms with Gasteiger partial charge in [-0.1, -0.05) is 26.0 Å². The van der Waals surface area contributed by atoms with Crippen LogP contribution in [0, 0.1) is 24.7 Å². The first-order valence-electron chi connectivity index (χ1n) is 17.4. The predicted molar refractivity (Wildman–Crippen MR) is 191 cm³/mol. The maximum absolute atomic E-state index is 13.9. The molecule has 0 radical (unpaired) electrons. The van der Waals surface area contributed by atoms with E-state index in [2.05, 4.69) is 5.32 Å². The molecule has 0 aromatic heterocycles. The van der Waals surface area contributed by atoms with Crippen LogP contribution in [-0.4, -0.2) is 96.7 Å². The molecule has 8 rings (SSSR count). The van der Waals surface area contributed by atoms with E-state index >= 15 is 0 Å². The smallest absolute Gasteiger partial charge is 0.314 e. The molecule has 6 bridgehead atoms. The van der Waals surface area contributed by atoms with Crippen molar-refractivity contribution in [1.82, 2.24) is 0 Å². The fourth-order valence-electron chi connectivity index (χ4n) is 7.59. The lowest BCUT2D eigenvalue weighted by Gasteiger charge is -2.45. The summed E-state index contributed by atoms with van der Waals surface area (Å²) in [6.07, 6.45) is -1.21. The molecule has 7 N–H and O–H groups in total. The summed E-state index contributed by atoms with van der Waals surface area (Å²) in [7, 11) is 0. The molecule has 1 aliphatic carbocycles. The molecule has 292 valence electrons. The highest BCUT2D eigenvalue weighted by atomic mass is 16.7. The van der Waals surface area contributed by atoms with E-state index < -0.39 is 89.5 Å². The zero-order valence-corrected chi connectivity index (χ0v) is 31.5. The van der Waals surface area contributed by atoms with Crippen molar-refractivity contribution in [2.45, 2.75) is 97.9 Å². The number of allylic oxidation sites excluding steroid dienone is 5. The van der Waals surface area contributed by atoms with Gasteiger partial charge >= 0.3 is 11.9 Å². The summed E-state index contributed by atoms with van der Waals surface area (Å²) in [5.41, 5.74) is -4.31. The number of phenols is 1. The van der Waals surface area contributed by atoms with Crippen LogP contribution in [0.5, 0.6) is 11.5 Å². The van der Waals surface area contributed by atoms with Crippen LogP contribution in [0.3, 0.4) is 0 Å². The molecular weight excluding hydrogens is 706 g/mol. The summed E-state index contributed by atoms with van der Waals surface area (Å²) in [4.78, 5) is 53.3. The number of phenolic OH excluding ortho intramolecular Hbond substituents is 1. The highest BCUT2D eigenvalue weighted by Crippen LogP contribution is 2.53. The Morgan fingerprint density at radius 1 is 0.907 bits per heavy atom. The van der Waals surface area contributed by atoms with E-state index in [4.69, 9.17) is 18.9 Å². The van der Waals surface area contributed by atoms with Gasteiger partial charge in [0, 0.05) is 41.0 Å². The predicted octanol–water partition coefficient (Wildman–Crippen LogP) is 2.61.